The van der Waals surface area contributed by atoms with E-state index < -0.39 is 21.4 Å². The second-order valence-electron chi connectivity index (χ2n) is 6.61. The van der Waals surface area contributed by atoms with Crippen LogP contribution in [0, 0.1) is 5.41 Å². The molecule has 8 heteroatoms. The smallest absolute Gasteiger partial charge is 0.374 e. The Balaban J connectivity index is 2.16. The molecular formula is C15H18ClF3O3S. The second-order valence-corrected chi connectivity index (χ2v) is 8.56. The highest BCUT2D eigenvalue weighted by Gasteiger charge is 2.48. The molecule has 23 heavy (non-hydrogen) atoms. The topological polar surface area (TPSA) is 43.4 Å². The minimum absolute atomic E-state index is 0.139. The van der Waals surface area contributed by atoms with E-state index in [-0.39, 0.29) is 10.9 Å². The van der Waals surface area contributed by atoms with Gasteiger partial charge in [0.2, 0.25) is 0 Å². The molecule has 0 amide bonds. The van der Waals surface area contributed by atoms with Gasteiger partial charge in [-0.05, 0) is 54.7 Å². The molecule has 1 aromatic rings. The molecule has 0 spiro atoms. The number of alkyl halides is 3. The van der Waals surface area contributed by atoms with Gasteiger partial charge in [0.05, 0.1) is 5.02 Å². The Kier molecular flexibility index (Phi) is 4.93. The normalized spacial score (nSPS) is 19.6. The first-order chi connectivity index (χ1) is 10.4. The quantitative estimate of drug-likeness (QED) is 0.539. The molecule has 0 N–H and O–H groups in total. The summed E-state index contributed by atoms with van der Waals surface area (Å²) in [6.07, 6.45) is 4.03. The van der Waals surface area contributed by atoms with Gasteiger partial charge in [0.15, 0.2) is 5.75 Å². The first-order valence-corrected chi connectivity index (χ1v) is 9.00. The van der Waals surface area contributed by atoms with Crippen molar-refractivity contribution in [3.8, 4) is 5.75 Å². The standard InChI is InChI=1S/C15H18ClF3O3S/c1-14(2)7-5-10(6-8-14)11-3-4-13(12(16)9-11)22-23(20,21)15(17,18)19/h3-4,9-10H,5-8H2,1-2H3. The summed E-state index contributed by atoms with van der Waals surface area (Å²) in [6.45, 7) is 4.41. The van der Waals surface area contributed by atoms with Gasteiger partial charge in [0, 0.05) is 0 Å². The second kappa shape index (κ2) is 6.16. The van der Waals surface area contributed by atoms with Gasteiger partial charge < -0.3 is 4.18 Å². The van der Waals surface area contributed by atoms with E-state index in [9.17, 15) is 21.6 Å². The summed E-state index contributed by atoms with van der Waals surface area (Å²) in [6, 6.07) is 4.25. The number of rotatable bonds is 3. The highest BCUT2D eigenvalue weighted by Crippen LogP contribution is 2.43. The molecule has 0 aromatic heterocycles. The monoisotopic (exact) mass is 370 g/mol. The van der Waals surface area contributed by atoms with Crippen LogP contribution in [0.4, 0.5) is 13.2 Å². The Bertz CT molecular complexity index is 674. The zero-order valence-corrected chi connectivity index (χ0v) is 14.4. The Morgan fingerprint density at radius 1 is 1.22 bits per heavy atom. The van der Waals surface area contributed by atoms with Crippen LogP contribution in [0.1, 0.15) is 51.0 Å². The Labute approximate surface area is 138 Å². The Hall–Kier alpha value is -0.950. The predicted octanol–water partition coefficient (Wildman–Crippen LogP) is 5.25. The van der Waals surface area contributed by atoms with Crippen LogP contribution in [0.5, 0.6) is 5.75 Å². The molecule has 2 rings (SSSR count). The molecule has 0 saturated heterocycles. The molecule has 1 saturated carbocycles. The molecule has 1 aliphatic carbocycles. The molecule has 0 aliphatic heterocycles. The summed E-state index contributed by atoms with van der Waals surface area (Å²) < 4.78 is 63.2. The van der Waals surface area contributed by atoms with E-state index in [0.29, 0.717) is 5.41 Å². The number of hydrogen-bond donors (Lipinski definition) is 0. The molecule has 0 heterocycles. The first kappa shape index (κ1) is 18.4. The van der Waals surface area contributed by atoms with Gasteiger partial charge in [-0.3, -0.25) is 0 Å². The van der Waals surface area contributed by atoms with Crippen LogP contribution in [0.3, 0.4) is 0 Å². The molecule has 1 aliphatic rings. The predicted molar refractivity (Wildman–Crippen MR) is 82.0 cm³/mol. The lowest BCUT2D eigenvalue weighted by Crippen LogP contribution is -2.28. The maximum absolute atomic E-state index is 12.3. The zero-order valence-electron chi connectivity index (χ0n) is 12.8. The average molecular weight is 371 g/mol. The van der Waals surface area contributed by atoms with Crippen molar-refractivity contribution in [2.24, 2.45) is 5.41 Å². The van der Waals surface area contributed by atoms with Crippen LogP contribution >= 0.6 is 11.6 Å². The number of halogens is 4. The molecule has 1 fully saturated rings. The van der Waals surface area contributed by atoms with Gasteiger partial charge in [0.1, 0.15) is 0 Å². The summed E-state index contributed by atoms with van der Waals surface area (Å²) in [5, 5.41) is -0.139. The largest absolute Gasteiger partial charge is 0.534 e. The summed E-state index contributed by atoms with van der Waals surface area (Å²) in [5.74, 6) is -0.238. The van der Waals surface area contributed by atoms with E-state index in [1.807, 2.05) is 0 Å². The van der Waals surface area contributed by atoms with Crippen LogP contribution in [-0.4, -0.2) is 13.9 Å². The molecule has 3 nitrogen and oxygen atoms in total. The lowest BCUT2D eigenvalue weighted by atomic mass is 9.71. The zero-order chi connectivity index (χ0) is 17.5. The van der Waals surface area contributed by atoms with Crippen molar-refractivity contribution in [3.05, 3.63) is 28.8 Å². The molecule has 0 bridgehead atoms. The van der Waals surface area contributed by atoms with E-state index >= 15 is 0 Å². The van der Waals surface area contributed by atoms with Gasteiger partial charge >= 0.3 is 15.6 Å². The van der Waals surface area contributed by atoms with Crippen molar-refractivity contribution in [1.82, 2.24) is 0 Å². The third-order valence-corrected chi connectivity index (χ3v) is 5.51. The fourth-order valence-corrected chi connectivity index (χ4v) is 3.49. The van der Waals surface area contributed by atoms with Gasteiger partial charge in [-0.25, -0.2) is 0 Å². The Morgan fingerprint density at radius 3 is 2.26 bits per heavy atom. The highest BCUT2D eigenvalue weighted by atomic mass is 35.5. The summed E-state index contributed by atoms with van der Waals surface area (Å²) in [5.41, 5.74) is -4.30. The van der Waals surface area contributed by atoms with E-state index in [4.69, 9.17) is 11.6 Å². The van der Waals surface area contributed by atoms with Crippen molar-refractivity contribution in [1.29, 1.82) is 0 Å². The van der Waals surface area contributed by atoms with Crippen molar-refractivity contribution in [2.75, 3.05) is 0 Å². The van der Waals surface area contributed by atoms with Gasteiger partial charge in [-0.1, -0.05) is 31.5 Å². The van der Waals surface area contributed by atoms with Crippen LogP contribution < -0.4 is 4.18 Å². The molecular weight excluding hydrogens is 353 g/mol. The third kappa shape index (κ3) is 4.32. The van der Waals surface area contributed by atoms with Crippen molar-refractivity contribution < 1.29 is 25.8 Å². The number of benzene rings is 1. The lowest BCUT2D eigenvalue weighted by molar-refractivity contribution is -0.0500. The van der Waals surface area contributed by atoms with Crippen LogP contribution in [0.15, 0.2) is 18.2 Å². The van der Waals surface area contributed by atoms with Crippen LogP contribution in [0.25, 0.3) is 0 Å². The fourth-order valence-electron chi connectivity index (χ4n) is 2.74. The summed E-state index contributed by atoms with van der Waals surface area (Å²) in [4.78, 5) is 0. The summed E-state index contributed by atoms with van der Waals surface area (Å²) in [7, 11) is -5.71. The molecule has 0 atom stereocenters. The SMILES string of the molecule is CC1(C)CCC(c2ccc(OS(=O)(=O)C(F)(F)F)c(Cl)c2)CC1. The third-order valence-electron chi connectivity index (χ3n) is 4.25. The van der Waals surface area contributed by atoms with Crippen molar-refractivity contribution in [2.45, 2.75) is 51.0 Å². The minimum Gasteiger partial charge on any atom is -0.374 e. The van der Waals surface area contributed by atoms with Crippen LogP contribution in [-0.2, 0) is 10.1 Å². The van der Waals surface area contributed by atoms with Crippen molar-refractivity contribution >= 4 is 21.7 Å². The first-order valence-electron chi connectivity index (χ1n) is 7.21. The lowest BCUT2D eigenvalue weighted by Gasteiger charge is -2.34. The minimum atomic E-state index is -5.71. The van der Waals surface area contributed by atoms with Crippen LogP contribution in [0.2, 0.25) is 5.02 Å². The van der Waals surface area contributed by atoms with Crippen molar-refractivity contribution in [3.63, 3.8) is 0 Å². The van der Waals surface area contributed by atoms with E-state index in [0.717, 1.165) is 31.2 Å². The Morgan fingerprint density at radius 2 is 1.78 bits per heavy atom. The molecule has 0 unspecified atom stereocenters. The molecule has 0 radical (unpaired) electrons. The van der Waals surface area contributed by atoms with E-state index in [1.165, 1.54) is 12.1 Å². The maximum atomic E-state index is 12.3. The number of hydrogen-bond acceptors (Lipinski definition) is 3. The maximum Gasteiger partial charge on any atom is 0.534 e. The molecule has 1 aromatic carbocycles. The van der Waals surface area contributed by atoms with E-state index in [2.05, 4.69) is 18.0 Å². The van der Waals surface area contributed by atoms with Gasteiger partial charge in [-0.15, -0.1) is 0 Å². The van der Waals surface area contributed by atoms with E-state index in [1.54, 1.807) is 6.07 Å². The summed E-state index contributed by atoms with van der Waals surface area (Å²) >= 11 is 5.90. The average Bonchev–Trinajstić information content (AvgIpc) is 2.39. The van der Waals surface area contributed by atoms with Gasteiger partial charge in [0.25, 0.3) is 0 Å². The highest BCUT2D eigenvalue weighted by molar-refractivity contribution is 7.88. The van der Waals surface area contributed by atoms with Gasteiger partial charge in [-0.2, -0.15) is 21.6 Å². The molecule has 130 valence electrons. The fraction of sp³-hybridized carbons (Fsp3) is 0.600.